The van der Waals surface area contributed by atoms with Crippen molar-refractivity contribution in [2.24, 2.45) is 0 Å². The molecule has 0 amide bonds. The quantitative estimate of drug-likeness (QED) is 0.836. The van der Waals surface area contributed by atoms with Crippen LogP contribution in [0.4, 0.5) is 0 Å². The highest BCUT2D eigenvalue weighted by atomic mass is 32.1. The second kappa shape index (κ2) is 5.45. The number of rotatable bonds is 5. The normalized spacial score (nSPS) is 12.9. The third-order valence-electron chi connectivity index (χ3n) is 2.37. The van der Waals surface area contributed by atoms with E-state index in [0.717, 1.165) is 13.0 Å². The lowest BCUT2D eigenvalue weighted by molar-refractivity contribution is 0.586. The molecular weight excluding hydrogens is 222 g/mol. The van der Waals surface area contributed by atoms with Gasteiger partial charge in [-0.25, -0.2) is 0 Å². The summed E-state index contributed by atoms with van der Waals surface area (Å²) >= 11 is 3.65. The van der Waals surface area contributed by atoms with E-state index >= 15 is 0 Å². The van der Waals surface area contributed by atoms with Crippen molar-refractivity contribution in [3.8, 4) is 0 Å². The van der Waals surface area contributed by atoms with Crippen LogP contribution in [0.15, 0.2) is 35.0 Å². The second-order valence-electron chi connectivity index (χ2n) is 3.52. The zero-order valence-electron chi connectivity index (χ0n) is 8.77. The van der Waals surface area contributed by atoms with Crippen LogP contribution >= 0.6 is 22.7 Å². The van der Waals surface area contributed by atoms with Crippen molar-refractivity contribution in [3.63, 3.8) is 0 Å². The molecule has 0 saturated carbocycles. The highest BCUT2D eigenvalue weighted by Crippen LogP contribution is 2.18. The van der Waals surface area contributed by atoms with Crippen molar-refractivity contribution in [1.82, 2.24) is 5.32 Å². The Hall–Kier alpha value is -0.640. The van der Waals surface area contributed by atoms with Crippen molar-refractivity contribution >= 4 is 22.7 Å². The van der Waals surface area contributed by atoms with Gasteiger partial charge < -0.3 is 5.32 Å². The van der Waals surface area contributed by atoms with Crippen molar-refractivity contribution in [1.29, 1.82) is 0 Å². The zero-order valence-corrected chi connectivity index (χ0v) is 10.4. The van der Waals surface area contributed by atoms with Crippen LogP contribution in [-0.4, -0.2) is 6.54 Å². The molecule has 2 rings (SSSR count). The lowest BCUT2D eigenvalue weighted by Crippen LogP contribution is -2.20. The van der Waals surface area contributed by atoms with Gasteiger partial charge in [0.2, 0.25) is 0 Å². The molecule has 1 nitrogen and oxygen atoms in total. The molecule has 0 unspecified atom stereocenters. The molecule has 0 fully saturated rings. The van der Waals surface area contributed by atoms with Gasteiger partial charge in [-0.15, -0.1) is 22.7 Å². The molecular formula is C12H15NS2. The molecule has 1 atom stereocenters. The van der Waals surface area contributed by atoms with Gasteiger partial charge in [-0.2, -0.15) is 0 Å². The molecule has 0 aliphatic heterocycles. The van der Waals surface area contributed by atoms with Crippen LogP contribution in [0, 0.1) is 0 Å². The van der Waals surface area contributed by atoms with Crippen LogP contribution < -0.4 is 5.32 Å². The maximum Gasteiger partial charge on any atom is 0.0386 e. The summed E-state index contributed by atoms with van der Waals surface area (Å²) in [4.78, 5) is 2.88. The first-order valence-electron chi connectivity index (χ1n) is 5.15. The van der Waals surface area contributed by atoms with E-state index in [1.807, 2.05) is 22.7 Å². The molecule has 1 N–H and O–H groups in total. The Balaban J connectivity index is 1.74. The van der Waals surface area contributed by atoms with E-state index in [4.69, 9.17) is 0 Å². The van der Waals surface area contributed by atoms with Crippen LogP contribution in [0.2, 0.25) is 0 Å². The zero-order chi connectivity index (χ0) is 10.5. The summed E-state index contributed by atoms with van der Waals surface area (Å²) < 4.78 is 0. The fraction of sp³-hybridized carbons (Fsp3) is 0.333. The monoisotopic (exact) mass is 237 g/mol. The number of hydrogen-bond donors (Lipinski definition) is 1. The van der Waals surface area contributed by atoms with E-state index in [-0.39, 0.29) is 0 Å². The van der Waals surface area contributed by atoms with Crippen LogP contribution in [0.3, 0.4) is 0 Å². The first kappa shape index (κ1) is 10.9. The van der Waals surface area contributed by atoms with Crippen molar-refractivity contribution in [2.45, 2.75) is 19.4 Å². The van der Waals surface area contributed by atoms with Gasteiger partial charge in [0.1, 0.15) is 0 Å². The van der Waals surface area contributed by atoms with E-state index in [2.05, 4.69) is 47.3 Å². The minimum Gasteiger partial charge on any atom is -0.309 e. The van der Waals surface area contributed by atoms with Gasteiger partial charge in [0, 0.05) is 22.3 Å². The summed E-state index contributed by atoms with van der Waals surface area (Å²) in [7, 11) is 0. The Morgan fingerprint density at radius 1 is 1.20 bits per heavy atom. The summed E-state index contributed by atoms with van der Waals surface area (Å²) in [5.74, 6) is 0. The van der Waals surface area contributed by atoms with E-state index in [1.165, 1.54) is 9.75 Å². The van der Waals surface area contributed by atoms with Gasteiger partial charge in [0.05, 0.1) is 0 Å². The molecule has 2 aromatic heterocycles. The molecule has 2 aromatic rings. The Labute approximate surface area is 98.8 Å². The molecule has 80 valence electrons. The molecule has 0 spiro atoms. The van der Waals surface area contributed by atoms with Crippen molar-refractivity contribution in [3.05, 3.63) is 44.8 Å². The fourth-order valence-corrected chi connectivity index (χ4v) is 2.97. The van der Waals surface area contributed by atoms with Gasteiger partial charge in [-0.05, 0) is 36.2 Å². The summed E-state index contributed by atoms with van der Waals surface area (Å²) in [6.45, 7) is 3.28. The summed E-state index contributed by atoms with van der Waals surface area (Å²) in [5.41, 5.74) is 0. The topological polar surface area (TPSA) is 12.0 Å². The Bertz CT molecular complexity index is 364. The molecule has 0 saturated heterocycles. The predicted octanol–water partition coefficient (Wildman–Crippen LogP) is 3.70. The molecule has 0 aliphatic rings. The standard InChI is InChI=1S/C12H15NS2/c1-10(12-5-3-9-15-12)13-7-6-11-4-2-8-14-11/h2-5,8-10,13H,6-7H2,1H3/t10-/m0/s1. The van der Waals surface area contributed by atoms with E-state index in [9.17, 15) is 0 Å². The van der Waals surface area contributed by atoms with Crippen LogP contribution in [-0.2, 0) is 6.42 Å². The largest absolute Gasteiger partial charge is 0.309 e. The molecule has 3 heteroatoms. The van der Waals surface area contributed by atoms with Gasteiger partial charge >= 0.3 is 0 Å². The van der Waals surface area contributed by atoms with Gasteiger partial charge in [-0.3, -0.25) is 0 Å². The summed E-state index contributed by atoms with van der Waals surface area (Å²) in [5, 5.41) is 7.81. The maximum absolute atomic E-state index is 3.54. The van der Waals surface area contributed by atoms with E-state index in [0.29, 0.717) is 6.04 Å². The van der Waals surface area contributed by atoms with Gasteiger partial charge in [0.15, 0.2) is 0 Å². The molecule has 15 heavy (non-hydrogen) atoms. The second-order valence-corrected chi connectivity index (χ2v) is 5.53. The maximum atomic E-state index is 3.54. The van der Waals surface area contributed by atoms with Gasteiger partial charge in [0.25, 0.3) is 0 Å². The third kappa shape index (κ3) is 3.16. The highest BCUT2D eigenvalue weighted by molar-refractivity contribution is 7.10. The molecule has 0 bridgehead atoms. The SMILES string of the molecule is C[C@H](NCCc1cccs1)c1cccs1. The minimum absolute atomic E-state index is 0.477. The van der Waals surface area contributed by atoms with Crippen LogP contribution in [0.1, 0.15) is 22.7 Å². The Morgan fingerprint density at radius 3 is 2.67 bits per heavy atom. The summed E-state index contributed by atoms with van der Waals surface area (Å²) in [6.07, 6.45) is 1.13. The molecule has 2 heterocycles. The smallest absolute Gasteiger partial charge is 0.0386 e. The van der Waals surface area contributed by atoms with E-state index in [1.54, 1.807) is 0 Å². The Morgan fingerprint density at radius 2 is 2.00 bits per heavy atom. The predicted molar refractivity (Wildman–Crippen MR) is 68.8 cm³/mol. The van der Waals surface area contributed by atoms with Gasteiger partial charge in [-0.1, -0.05) is 12.1 Å². The lowest BCUT2D eigenvalue weighted by atomic mass is 10.2. The lowest BCUT2D eigenvalue weighted by Gasteiger charge is -2.11. The first-order valence-corrected chi connectivity index (χ1v) is 6.91. The Kier molecular flexibility index (Phi) is 3.94. The fourth-order valence-electron chi connectivity index (χ4n) is 1.50. The van der Waals surface area contributed by atoms with Crippen LogP contribution in [0.5, 0.6) is 0 Å². The molecule has 0 radical (unpaired) electrons. The average Bonchev–Trinajstić information content (AvgIpc) is 2.90. The van der Waals surface area contributed by atoms with Crippen molar-refractivity contribution in [2.75, 3.05) is 6.54 Å². The number of hydrogen-bond acceptors (Lipinski definition) is 3. The number of thiophene rings is 2. The van der Waals surface area contributed by atoms with E-state index < -0.39 is 0 Å². The van der Waals surface area contributed by atoms with Crippen LogP contribution in [0.25, 0.3) is 0 Å². The highest BCUT2D eigenvalue weighted by Gasteiger charge is 2.04. The minimum atomic E-state index is 0.477. The first-order chi connectivity index (χ1) is 7.36. The molecule has 0 aliphatic carbocycles. The third-order valence-corrected chi connectivity index (χ3v) is 4.36. The van der Waals surface area contributed by atoms with Crippen molar-refractivity contribution < 1.29 is 0 Å². The average molecular weight is 237 g/mol. The summed E-state index contributed by atoms with van der Waals surface area (Å²) in [6, 6.07) is 9.08. The number of nitrogens with one attached hydrogen (secondary N) is 1. The molecule has 0 aromatic carbocycles.